The minimum absolute atomic E-state index is 0.00414. The monoisotopic (exact) mass is 427 g/mol. The van der Waals surface area contributed by atoms with Gasteiger partial charge in [0.25, 0.3) is 5.91 Å². The van der Waals surface area contributed by atoms with E-state index in [0.717, 1.165) is 24.6 Å². The average molecular weight is 427 g/mol. The minimum Gasteiger partial charge on any atom is -0.382 e. The Bertz CT molecular complexity index is 1140. The van der Waals surface area contributed by atoms with Crippen molar-refractivity contribution in [3.63, 3.8) is 0 Å². The van der Waals surface area contributed by atoms with Crippen LogP contribution in [0.3, 0.4) is 0 Å². The summed E-state index contributed by atoms with van der Waals surface area (Å²) in [6.45, 7) is 0. The lowest BCUT2D eigenvalue weighted by atomic mass is 9.90. The van der Waals surface area contributed by atoms with Gasteiger partial charge in [-0.15, -0.1) is 0 Å². The number of hydrogen-bond donors (Lipinski definition) is 2. The van der Waals surface area contributed by atoms with Gasteiger partial charge < -0.3 is 15.0 Å². The summed E-state index contributed by atoms with van der Waals surface area (Å²) in [4.78, 5) is 16.7. The van der Waals surface area contributed by atoms with Gasteiger partial charge in [0.15, 0.2) is 0 Å². The largest absolute Gasteiger partial charge is 0.417 e. The zero-order valence-corrected chi connectivity index (χ0v) is 16.5. The molecule has 0 saturated heterocycles. The van der Waals surface area contributed by atoms with Crippen LogP contribution < -0.4 is 10.6 Å². The first-order valence-electron chi connectivity index (χ1n) is 9.95. The Hall–Kier alpha value is -3.54. The zero-order valence-electron chi connectivity index (χ0n) is 16.5. The number of rotatable bonds is 4. The lowest BCUT2D eigenvalue weighted by molar-refractivity contribution is -0.137. The highest BCUT2D eigenvalue weighted by atomic mass is 19.4. The highest BCUT2D eigenvalue weighted by Gasteiger charge is 2.34. The maximum atomic E-state index is 13.2. The van der Waals surface area contributed by atoms with Gasteiger partial charge in [-0.3, -0.25) is 4.79 Å². The van der Waals surface area contributed by atoms with Gasteiger partial charge in [-0.05, 0) is 56.0 Å². The number of fused-ring (bicyclic) bond motifs is 1. The fourth-order valence-electron chi connectivity index (χ4n) is 3.91. The number of nitrogens with one attached hydrogen (secondary N) is 2. The molecule has 0 radical (unpaired) electrons. The number of aromatic nitrogens is 2. The van der Waals surface area contributed by atoms with E-state index in [1.54, 1.807) is 41.2 Å². The van der Waals surface area contributed by atoms with Crippen LogP contribution in [0.4, 0.5) is 18.9 Å². The minimum atomic E-state index is -4.58. The molecule has 0 spiro atoms. The fraction of sp³-hybridized carbons (Fsp3) is 0.318. The fourth-order valence-corrected chi connectivity index (χ4v) is 3.91. The number of amides is 1. The first kappa shape index (κ1) is 20.7. The lowest BCUT2D eigenvalue weighted by Gasteiger charge is -2.30. The van der Waals surface area contributed by atoms with Gasteiger partial charge in [0.05, 0.1) is 22.8 Å². The molecule has 1 saturated carbocycles. The van der Waals surface area contributed by atoms with E-state index < -0.39 is 17.3 Å². The standard InChI is InChI=1S/C22H20F3N5O/c23-22(24,25)19-11-18(3-1-14(19)12-26)28-16-4-6-17(7-5-16)29-21(31)15-2-8-20-27-9-10-30(20)13-15/h1-3,8-11,13,16-17,28H,4-7H2,(H,29,31)/t16-,17+. The molecular formula is C22H20F3N5O. The van der Waals surface area contributed by atoms with Gasteiger partial charge in [0, 0.05) is 36.4 Å². The maximum absolute atomic E-state index is 13.2. The third-order valence-electron chi connectivity index (χ3n) is 5.53. The van der Waals surface area contributed by atoms with Crippen molar-refractivity contribution in [2.24, 2.45) is 0 Å². The number of alkyl halides is 3. The highest BCUT2D eigenvalue weighted by molar-refractivity contribution is 5.94. The van der Waals surface area contributed by atoms with E-state index in [4.69, 9.17) is 5.26 Å². The summed E-state index contributed by atoms with van der Waals surface area (Å²) in [6.07, 6.45) is 3.46. The predicted molar refractivity (Wildman–Crippen MR) is 108 cm³/mol. The van der Waals surface area contributed by atoms with Crippen LogP contribution in [0.25, 0.3) is 5.65 Å². The second-order valence-corrected chi connectivity index (χ2v) is 7.65. The molecule has 6 nitrogen and oxygen atoms in total. The molecule has 160 valence electrons. The van der Waals surface area contributed by atoms with E-state index in [1.807, 2.05) is 0 Å². The Balaban J connectivity index is 1.33. The number of pyridine rings is 1. The van der Waals surface area contributed by atoms with Crippen LogP contribution in [0.1, 0.15) is 47.2 Å². The zero-order chi connectivity index (χ0) is 22.0. The first-order valence-corrected chi connectivity index (χ1v) is 9.95. The van der Waals surface area contributed by atoms with Crippen LogP contribution >= 0.6 is 0 Å². The van der Waals surface area contributed by atoms with Gasteiger partial charge in [-0.25, -0.2) is 4.98 Å². The number of hydrogen-bond acceptors (Lipinski definition) is 4. The summed E-state index contributed by atoms with van der Waals surface area (Å²) >= 11 is 0. The van der Waals surface area contributed by atoms with Crippen molar-refractivity contribution < 1.29 is 18.0 Å². The van der Waals surface area contributed by atoms with Gasteiger partial charge in [0.1, 0.15) is 5.65 Å². The molecule has 1 amide bonds. The van der Waals surface area contributed by atoms with E-state index in [2.05, 4.69) is 15.6 Å². The van der Waals surface area contributed by atoms with Crippen LogP contribution in [-0.4, -0.2) is 27.4 Å². The predicted octanol–water partition coefficient (Wildman–Crippen LogP) is 4.38. The highest BCUT2D eigenvalue weighted by Crippen LogP contribution is 2.34. The molecule has 31 heavy (non-hydrogen) atoms. The maximum Gasteiger partial charge on any atom is 0.417 e. The van der Waals surface area contributed by atoms with Gasteiger partial charge >= 0.3 is 6.18 Å². The molecule has 1 aliphatic carbocycles. The number of anilines is 1. The second kappa shape index (κ2) is 8.30. The van der Waals surface area contributed by atoms with Gasteiger partial charge in [0.2, 0.25) is 0 Å². The van der Waals surface area contributed by atoms with Crippen LogP contribution in [0.2, 0.25) is 0 Å². The summed E-state index contributed by atoms with van der Waals surface area (Å²) in [7, 11) is 0. The Morgan fingerprint density at radius 1 is 1.13 bits per heavy atom. The van der Waals surface area contributed by atoms with Gasteiger partial charge in [-0.1, -0.05) is 0 Å². The van der Waals surface area contributed by atoms with Crippen molar-refractivity contribution in [2.45, 2.75) is 43.9 Å². The molecule has 2 aromatic heterocycles. The molecule has 0 aliphatic heterocycles. The molecule has 0 atom stereocenters. The number of nitrogens with zero attached hydrogens (tertiary/aromatic N) is 3. The summed E-state index contributed by atoms with van der Waals surface area (Å²) in [5, 5.41) is 15.1. The number of halogens is 3. The molecule has 9 heteroatoms. The van der Waals surface area contributed by atoms with Crippen molar-refractivity contribution in [1.82, 2.24) is 14.7 Å². The summed E-state index contributed by atoms with van der Waals surface area (Å²) in [5.74, 6) is -0.158. The van der Waals surface area contributed by atoms with Crippen LogP contribution in [0.5, 0.6) is 0 Å². The van der Waals surface area contributed by atoms with Crippen LogP contribution in [0, 0.1) is 11.3 Å². The van der Waals surface area contributed by atoms with Crippen molar-refractivity contribution in [2.75, 3.05) is 5.32 Å². The normalized spacial score (nSPS) is 19.0. The van der Waals surface area contributed by atoms with Crippen molar-refractivity contribution in [3.8, 4) is 6.07 Å². The SMILES string of the molecule is N#Cc1ccc(N[C@H]2CC[C@@H](NC(=O)c3ccc4nccn4c3)CC2)cc1C(F)(F)F. The van der Waals surface area contributed by atoms with E-state index in [9.17, 15) is 18.0 Å². The van der Waals surface area contributed by atoms with E-state index in [0.29, 0.717) is 24.1 Å². The van der Waals surface area contributed by atoms with Crippen molar-refractivity contribution >= 4 is 17.2 Å². The molecule has 2 N–H and O–H groups in total. The molecule has 0 unspecified atom stereocenters. The number of carbonyl (C=O) groups is 1. The molecule has 4 rings (SSSR count). The van der Waals surface area contributed by atoms with Crippen molar-refractivity contribution in [3.05, 3.63) is 65.6 Å². The molecule has 3 aromatic rings. The van der Waals surface area contributed by atoms with Crippen LogP contribution in [0.15, 0.2) is 48.9 Å². The number of benzene rings is 1. The summed E-state index contributed by atoms with van der Waals surface area (Å²) in [5.41, 5.74) is 0.323. The molecule has 1 fully saturated rings. The molecule has 0 bridgehead atoms. The number of carbonyl (C=O) groups excluding carboxylic acids is 1. The Kier molecular flexibility index (Phi) is 5.55. The Morgan fingerprint density at radius 2 is 1.87 bits per heavy atom. The second-order valence-electron chi connectivity index (χ2n) is 7.65. The van der Waals surface area contributed by atoms with E-state index in [-0.39, 0.29) is 18.0 Å². The molecular weight excluding hydrogens is 407 g/mol. The lowest BCUT2D eigenvalue weighted by Crippen LogP contribution is -2.40. The van der Waals surface area contributed by atoms with Gasteiger partial charge in [-0.2, -0.15) is 18.4 Å². The topological polar surface area (TPSA) is 82.2 Å². The van der Waals surface area contributed by atoms with E-state index in [1.165, 1.54) is 12.1 Å². The quantitative estimate of drug-likeness (QED) is 0.648. The Labute approximate surface area is 176 Å². The molecule has 2 heterocycles. The summed E-state index contributed by atoms with van der Waals surface area (Å²) < 4.78 is 41.2. The molecule has 1 aliphatic rings. The molecule has 1 aromatic carbocycles. The third-order valence-corrected chi connectivity index (χ3v) is 5.53. The number of nitriles is 1. The number of imidazole rings is 1. The van der Waals surface area contributed by atoms with Crippen molar-refractivity contribution in [1.29, 1.82) is 5.26 Å². The first-order chi connectivity index (χ1) is 14.8. The third kappa shape index (κ3) is 4.63. The van der Waals surface area contributed by atoms with Crippen LogP contribution in [-0.2, 0) is 6.18 Å². The smallest absolute Gasteiger partial charge is 0.382 e. The van der Waals surface area contributed by atoms with E-state index >= 15 is 0 Å². The summed E-state index contributed by atoms with van der Waals surface area (Å²) in [6, 6.07) is 8.78. The Morgan fingerprint density at radius 3 is 2.58 bits per heavy atom. The average Bonchev–Trinajstić information content (AvgIpc) is 3.22.